The van der Waals surface area contributed by atoms with Gasteiger partial charge < -0.3 is 4.90 Å². The Kier molecular flexibility index (Phi) is 4.69. The molecule has 0 unspecified atom stereocenters. The van der Waals surface area contributed by atoms with E-state index in [1.165, 1.54) is 42.6 Å². The summed E-state index contributed by atoms with van der Waals surface area (Å²) in [6.45, 7) is 2.38. The summed E-state index contributed by atoms with van der Waals surface area (Å²) in [4.78, 5) is 15.7. The van der Waals surface area contributed by atoms with Crippen molar-refractivity contribution in [2.24, 2.45) is 0 Å². The Balaban J connectivity index is 1.33. The molecule has 2 aromatic carbocycles. The van der Waals surface area contributed by atoms with E-state index in [1.54, 1.807) is 6.33 Å². The first-order valence-corrected chi connectivity index (χ1v) is 11.2. The van der Waals surface area contributed by atoms with Crippen molar-refractivity contribution in [3.8, 4) is 22.4 Å². The minimum atomic E-state index is 0.683. The van der Waals surface area contributed by atoms with E-state index in [9.17, 15) is 0 Å². The first-order valence-electron chi connectivity index (χ1n) is 11.2. The number of aromatic nitrogens is 4. The van der Waals surface area contributed by atoms with Crippen LogP contribution >= 0.6 is 0 Å². The molecule has 0 bridgehead atoms. The van der Waals surface area contributed by atoms with Gasteiger partial charge in [-0.1, -0.05) is 36.4 Å². The van der Waals surface area contributed by atoms with Crippen LogP contribution in [0.3, 0.4) is 0 Å². The Morgan fingerprint density at radius 2 is 1.72 bits per heavy atom. The molecule has 3 aromatic heterocycles. The monoisotopic (exact) mass is 419 g/mol. The van der Waals surface area contributed by atoms with Gasteiger partial charge in [0, 0.05) is 23.3 Å². The Morgan fingerprint density at radius 1 is 0.875 bits per heavy atom. The minimum Gasteiger partial charge on any atom is -0.306 e. The van der Waals surface area contributed by atoms with Crippen molar-refractivity contribution in [1.82, 2.24) is 24.3 Å². The van der Waals surface area contributed by atoms with Crippen molar-refractivity contribution in [3.05, 3.63) is 85.1 Å². The lowest BCUT2D eigenvalue weighted by molar-refractivity contribution is 0.255. The fraction of sp³-hybridized carbons (Fsp3) is 0.222. The second-order valence-electron chi connectivity index (χ2n) is 8.75. The average Bonchev–Trinajstić information content (AvgIpc) is 3.27. The van der Waals surface area contributed by atoms with Crippen LogP contribution in [0.15, 0.2) is 79.5 Å². The third-order valence-electron chi connectivity index (χ3n) is 6.77. The first-order chi connectivity index (χ1) is 15.8. The molecule has 1 saturated heterocycles. The summed E-state index contributed by atoms with van der Waals surface area (Å²) in [5.74, 6) is 0.683. The molecule has 0 saturated carbocycles. The first kappa shape index (κ1) is 19.1. The van der Waals surface area contributed by atoms with E-state index in [4.69, 9.17) is 4.98 Å². The highest BCUT2D eigenvalue weighted by molar-refractivity contribution is 5.93. The third kappa shape index (κ3) is 3.35. The largest absolute Gasteiger partial charge is 0.306 e. The number of benzene rings is 2. The van der Waals surface area contributed by atoms with Crippen LogP contribution in [0.2, 0.25) is 0 Å². The molecule has 4 heterocycles. The van der Waals surface area contributed by atoms with Gasteiger partial charge in [0.05, 0.1) is 17.4 Å². The third-order valence-corrected chi connectivity index (χ3v) is 6.77. The van der Waals surface area contributed by atoms with Gasteiger partial charge in [-0.25, -0.2) is 15.0 Å². The van der Waals surface area contributed by atoms with E-state index in [-0.39, 0.29) is 0 Å². The van der Waals surface area contributed by atoms with Crippen molar-refractivity contribution in [3.63, 3.8) is 0 Å². The number of hydrogen-bond acceptors (Lipinski definition) is 4. The molecule has 1 fully saturated rings. The van der Waals surface area contributed by atoms with Crippen LogP contribution in [0, 0.1) is 0 Å². The number of imidazole rings is 1. The van der Waals surface area contributed by atoms with Crippen LogP contribution in [0.25, 0.3) is 38.9 Å². The van der Waals surface area contributed by atoms with Crippen molar-refractivity contribution in [2.75, 3.05) is 20.1 Å². The molecule has 0 amide bonds. The van der Waals surface area contributed by atoms with E-state index in [2.05, 4.69) is 75.0 Å². The molecule has 0 N–H and O–H groups in total. The molecule has 0 atom stereocenters. The second kappa shape index (κ2) is 7.84. The molecule has 6 rings (SSSR count). The topological polar surface area (TPSA) is 46.3 Å². The van der Waals surface area contributed by atoms with E-state index in [0.717, 1.165) is 27.8 Å². The lowest BCUT2D eigenvalue weighted by Crippen LogP contribution is -2.29. The zero-order valence-electron chi connectivity index (χ0n) is 18.1. The molecular formula is C27H25N5. The number of likely N-dealkylation sites (tertiary alicyclic amines) is 1. The van der Waals surface area contributed by atoms with Crippen LogP contribution in [0.4, 0.5) is 0 Å². The number of fused-ring (bicyclic) bond motifs is 2. The van der Waals surface area contributed by atoms with Crippen molar-refractivity contribution in [2.45, 2.75) is 18.8 Å². The summed E-state index contributed by atoms with van der Waals surface area (Å²) in [6.07, 6.45) is 10.0. The lowest BCUT2D eigenvalue weighted by atomic mass is 9.89. The molecule has 1 aliphatic heterocycles. The molecule has 158 valence electrons. The highest BCUT2D eigenvalue weighted by Gasteiger charge is 2.18. The average molecular weight is 420 g/mol. The van der Waals surface area contributed by atoms with Gasteiger partial charge in [-0.15, -0.1) is 0 Å². The van der Waals surface area contributed by atoms with Gasteiger partial charge >= 0.3 is 0 Å². The number of piperidine rings is 1. The van der Waals surface area contributed by atoms with E-state index in [0.29, 0.717) is 5.92 Å². The molecule has 0 radical (unpaired) electrons. The maximum atomic E-state index is 4.70. The highest BCUT2D eigenvalue weighted by Crippen LogP contribution is 2.31. The number of pyridine rings is 1. The van der Waals surface area contributed by atoms with Gasteiger partial charge in [-0.05, 0) is 73.8 Å². The summed E-state index contributed by atoms with van der Waals surface area (Å²) in [6, 6.07) is 19.6. The predicted octanol–water partition coefficient (Wildman–Crippen LogP) is 5.42. The van der Waals surface area contributed by atoms with Crippen molar-refractivity contribution < 1.29 is 0 Å². The van der Waals surface area contributed by atoms with Gasteiger partial charge in [-0.2, -0.15) is 0 Å². The fourth-order valence-corrected chi connectivity index (χ4v) is 4.88. The normalized spacial score (nSPS) is 15.5. The molecule has 32 heavy (non-hydrogen) atoms. The van der Waals surface area contributed by atoms with Crippen LogP contribution < -0.4 is 0 Å². The number of hydrogen-bond donors (Lipinski definition) is 0. The number of nitrogens with zero attached hydrogens (tertiary/aromatic N) is 5. The van der Waals surface area contributed by atoms with Crippen molar-refractivity contribution >= 4 is 16.6 Å². The molecule has 1 aliphatic rings. The van der Waals surface area contributed by atoms with Gasteiger partial charge in [0.15, 0.2) is 0 Å². The van der Waals surface area contributed by atoms with Gasteiger partial charge in [-0.3, -0.25) is 4.40 Å². The minimum absolute atomic E-state index is 0.683. The summed E-state index contributed by atoms with van der Waals surface area (Å²) in [5, 5.41) is 1.03. The maximum absolute atomic E-state index is 4.70. The zero-order chi connectivity index (χ0) is 21.5. The Hall–Kier alpha value is -3.57. The SMILES string of the molecule is CN1CCC(c2ccc(-c3ccn4c(-c5cccc6ncncc56)cnc4c3)cc2)CC1. The van der Waals surface area contributed by atoms with Crippen LogP contribution in [0.1, 0.15) is 24.3 Å². The molecule has 0 aliphatic carbocycles. The Bertz CT molecular complexity index is 1390. The maximum Gasteiger partial charge on any atom is 0.137 e. The van der Waals surface area contributed by atoms with Crippen molar-refractivity contribution in [1.29, 1.82) is 0 Å². The molecule has 5 nitrogen and oxygen atoms in total. The smallest absolute Gasteiger partial charge is 0.137 e. The van der Waals surface area contributed by atoms with Crippen LogP contribution in [0.5, 0.6) is 0 Å². The van der Waals surface area contributed by atoms with Gasteiger partial charge in [0.25, 0.3) is 0 Å². The standard InChI is InChI=1S/C27H25N5/c1-31-12-9-21(10-13-31)19-5-7-20(8-6-19)22-11-14-32-26(17-29-27(32)15-22)23-3-2-4-25-24(23)16-28-18-30-25/h2-8,11,14-18,21H,9-10,12-13H2,1H3. The fourth-order valence-electron chi connectivity index (χ4n) is 4.88. The summed E-state index contributed by atoms with van der Waals surface area (Å²) >= 11 is 0. The molecular weight excluding hydrogens is 394 g/mol. The molecule has 0 spiro atoms. The number of rotatable bonds is 3. The molecule has 5 heteroatoms. The van der Waals surface area contributed by atoms with E-state index < -0.39 is 0 Å². The quantitative estimate of drug-likeness (QED) is 0.392. The second-order valence-corrected chi connectivity index (χ2v) is 8.75. The van der Waals surface area contributed by atoms with E-state index >= 15 is 0 Å². The van der Waals surface area contributed by atoms with Crippen LogP contribution in [-0.4, -0.2) is 44.4 Å². The predicted molar refractivity (Wildman–Crippen MR) is 129 cm³/mol. The summed E-state index contributed by atoms with van der Waals surface area (Å²) in [7, 11) is 2.21. The zero-order valence-corrected chi connectivity index (χ0v) is 18.1. The Morgan fingerprint density at radius 3 is 2.56 bits per heavy atom. The van der Waals surface area contributed by atoms with Gasteiger partial charge in [0.1, 0.15) is 12.0 Å². The van der Waals surface area contributed by atoms with Gasteiger partial charge in [0.2, 0.25) is 0 Å². The van der Waals surface area contributed by atoms with Crippen LogP contribution in [-0.2, 0) is 0 Å². The molecule has 5 aromatic rings. The Labute approximate surface area is 187 Å². The highest BCUT2D eigenvalue weighted by atomic mass is 15.1. The summed E-state index contributed by atoms with van der Waals surface area (Å²) < 4.78 is 2.14. The van der Waals surface area contributed by atoms with E-state index in [1.807, 2.05) is 24.5 Å². The summed E-state index contributed by atoms with van der Waals surface area (Å²) in [5.41, 5.74) is 7.89. The lowest BCUT2D eigenvalue weighted by Gasteiger charge is -2.29.